The molecule has 0 radical (unpaired) electrons. The summed E-state index contributed by atoms with van der Waals surface area (Å²) in [5.74, 6) is 0.680. The Morgan fingerprint density at radius 2 is 1.28 bits per heavy atom. The Kier molecular flexibility index (Phi) is 4.81. The van der Waals surface area contributed by atoms with Gasteiger partial charge < -0.3 is 8.85 Å². The molecule has 0 N–H and O–H groups in total. The fourth-order valence-corrected chi connectivity index (χ4v) is 2.86. The first-order valence-electron chi connectivity index (χ1n) is 6.30. The fraction of sp³-hybridized carbons (Fsp3) is 0.429. The Morgan fingerprint density at radius 1 is 0.833 bits per heavy atom. The second kappa shape index (κ2) is 5.76. The highest BCUT2D eigenvalue weighted by molar-refractivity contribution is 6.71. The third-order valence-electron chi connectivity index (χ3n) is 1.90. The lowest BCUT2D eigenvalue weighted by atomic mass is 10.2. The predicted octanol–water partition coefficient (Wildman–Crippen LogP) is 4.69. The van der Waals surface area contributed by atoms with E-state index in [2.05, 4.69) is 51.4 Å². The highest BCUT2D eigenvalue weighted by atomic mass is 28.4. The van der Waals surface area contributed by atoms with Crippen molar-refractivity contribution in [1.29, 1.82) is 0 Å². The first-order chi connectivity index (χ1) is 8.16. The summed E-state index contributed by atoms with van der Waals surface area (Å²) < 4.78 is 12.1. The molecule has 1 rings (SSSR count). The lowest BCUT2D eigenvalue weighted by Crippen LogP contribution is -2.31. The van der Waals surface area contributed by atoms with E-state index in [9.17, 15) is 0 Å². The van der Waals surface area contributed by atoms with Crippen LogP contribution in [-0.4, -0.2) is 16.6 Å². The maximum atomic E-state index is 6.03. The van der Waals surface area contributed by atoms with Gasteiger partial charge in [0.2, 0.25) is 16.6 Å². The smallest absolute Gasteiger partial charge is 0.251 e. The van der Waals surface area contributed by atoms with Crippen molar-refractivity contribution in [1.82, 2.24) is 0 Å². The van der Waals surface area contributed by atoms with Crippen LogP contribution in [0.2, 0.25) is 39.3 Å². The first-order valence-corrected chi connectivity index (χ1v) is 13.1. The summed E-state index contributed by atoms with van der Waals surface area (Å²) >= 11 is 0. The van der Waals surface area contributed by atoms with Gasteiger partial charge in [-0.3, -0.25) is 0 Å². The molecule has 4 heteroatoms. The molecule has 1 aromatic rings. The second-order valence-corrected chi connectivity index (χ2v) is 15.2. The molecule has 0 aliphatic rings. The molecule has 100 valence electrons. The van der Waals surface area contributed by atoms with E-state index in [0.717, 1.165) is 5.56 Å². The van der Waals surface area contributed by atoms with E-state index in [-0.39, 0.29) is 0 Å². The average molecular weight is 281 g/mol. The molecule has 0 aliphatic heterocycles. The van der Waals surface area contributed by atoms with Crippen LogP contribution in [0.4, 0.5) is 0 Å². The average Bonchev–Trinajstić information content (AvgIpc) is 2.13. The van der Waals surface area contributed by atoms with Gasteiger partial charge in [-0.05, 0) is 44.8 Å². The van der Waals surface area contributed by atoms with E-state index >= 15 is 0 Å². The molecule has 0 spiro atoms. The topological polar surface area (TPSA) is 18.5 Å². The van der Waals surface area contributed by atoms with Gasteiger partial charge in [-0.25, -0.2) is 0 Å². The fourth-order valence-electron chi connectivity index (χ4n) is 1.37. The molecular formula is C14H24O2Si2. The minimum absolute atomic E-state index is 0.680. The number of rotatable bonds is 5. The zero-order chi connectivity index (χ0) is 13.8. The lowest BCUT2D eigenvalue weighted by Gasteiger charge is -2.27. The Balaban J connectivity index is 2.94. The van der Waals surface area contributed by atoms with Gasteiger partial charge >= 0.3 is 0 Å². The summed E-state index contributed by atoms with van der Waals surface area (Å²) in [5.41, 5.74) is 1.11. The van der Waals surface area contributed by atoms with Gasteiger partial charge in [0.1, 0.15) is 0 Å². The molecule has 1 aromatic carbocycles. The second-order valence-electron chi connectivity index (χ2n) is 6.30. The van der Waals surface area contributed by atoms with E-state index in [4.69, 9.17) is 8.85 Å². The Morgan fingerprint density at radius 3 is 1.67 bits per heavy atom. The van der Waals surface area contributed by atoms with Gasteiger partial charge in [0, 0.05) is 6.08 Å². The van der Waals surface area contributed by atoms with Crippen LogP contribution in [0.3, 0.4) is 0 Å². The van der Waals surface area contributed by atoms with Crippen LogP contribution in [0.15, 0.2) is 36.3 Å². The molecule has 0 heterocycles. The van der Waals surface area contributed by atoms with Gasteiger partial charge in [0.15, 0.2) is 0 Å². The van der Waals surface area contributed by atoms with Crippen LogP contribution >= 0.6 is 0 Å². The zero-order valence-electron chi connectivity index (χ0n) is 12.3. The van der Waals surface area contributed by atoms with E-state index in [0.29, 0.717) is 5.95 Å². The summed E-state index contributed by atoms with van der Waals surface area (Å²) in [6.45, 7) is 13.0. The van der Waals surface area contributed by atoms with Crippen LogP contribution in [0, 0.1) is 0 Å². The molecule has 0 bridgehead atoms. The van der Waals surface area contributed by atoms with Crippen molar-refractivity contribution >= 4 is 22.7 Å². The van der Waals surface area contributed by atoms with Crippen LogP contribution in [0.1, 0.15) is 5.56 Å². The molecule has 18 heavy (non-hydrogen) atoms. The van der Waals surface area contributed by atoms with Crippen molar-refractivity contribution in [3.63, 3.8) is 0 Å². The number of hydrogen-bond donors (Lipinski definition) is 0. The monoisotopic (exact) mass is 280 g/mol. The van der Waals surface area contributed by atoms with Crippen LogP contribution in [-0.2, 0) is 8.85 Å². The predicted molar refractivity (Wildman–Crippen MR) is 83.3 cm³/mol. The third kappa shape index (κ3) is 6.66. The van der Waals surface area contributed by atoms with Crippen molar-refractivity contribution < 1.29 is 8.85 Å². The Hall–Kier alpha value is -1.01. The van der Waals surface area contributed by atoms with Crippen molar-refractivity contribution in [2.24, 2.45) is 0 Å². The highest BCUT2D eigenvalue weighted by Crippen LogP contribution is 2.19. The molecule has 0 amide bonds. The Bertz CT molecular complexity index is 382. The lowest BCUT2D eigenvalue weighted by molar-refractivity contribution is 0.222. The quantitative estimate of drug-likeness (QED) is 0.575. The van der Waals surface area contributed by atoms with Crippen molar-refractivity contribution in [2.45, 2.75) is 39.3 Å². The van der Waals surface area contributed by atoms with Crippen molar-refractivity contribution in [2.75, 3.05) is 0 Å². The van der Waals surface area contributed by atoms with Gasteiger partial charge in [-0.15, -0.1) is 0 Å². The van der Waals surface area contributed by atoms with Crippen LogP contribution < -0.4 is 0 Å². The maximum Gasteiger partial charge on any atom is 0.251 e. The molecule has 0 unspecified atom stereocenters. The SMILES string of the molecule is C[Si](C)(C)OC(=Cc1ccccc1)O[Si](C)(C)C. The molecule has 0 saturated carbocycles. The van der Waals surface area contributed by atoms with E-state index in [1.54, 1.807) is 0 Å². The molecular weight excluding hydrogens is 256 g/mol. The van der Waals surface area contributed by atoms with Gasteiger partial charge in [0.25, 0.3) is 5.95 Å². The third-order valence-corrected chi connectivity index (χ3v) is 3.52. The summed E-state index contributed by atoms with van der Waals surface area (Å²) in [7, 11) is -3.29. The molecule has 0 atom stereocenters. The van der Waals surface area contributed by atoms with E-state index < -0.39 is 16.6 Å². The molecule has 0 aliphatic carbocycles. The van der Waals surface area contributed by atoms with Gasteiger partial charge in [-0.2, -0.15) is 0 Å². The van der Waals surface area contributed by atoms with Gasteiger partial charge in [0.05, 0.1) is 0 Å². The van der Waals surface area contributed by atoms with Gasteiger partial charge in [-0.1, -0.05) is 30.3 Å². The summed E-state index contributed by atoms with van der Waals surface area (Å²) in [4.78, 5) is 0. The summed E-state index contributed by atoms with van der Waals surface area (Å²) in [6, 6.07) is 10.2. The Labute approximate surface area is 113 Å². The van der Waals surface area contributed by atoms with Crippen molar-refractivity contribution in [3.8, 4) is 0 Å². The molecule has 2 nitrogen and oxygen atoms in total. The minimum atomic E-state index is -1.64. The van der Waals surface area contributed by atoms with E-state index in [1.807, 2.05) is 24.3 Å². The minimum Gasteiger partial charge on any atom is -0.521 e. The normalized spacial score (nSPS) is 11.9. The molecule has 0 saturated heterocycles. The van der Waals surface area contributed by atoms with Crippen LogP contribution in [0.25, 0.3) is 6.08 Å². The highest BCUT2D eigenvalue weighted by Gasteiger charge is 2.23. The number of benzene rings is 1. The van der Waals surface area contributed by atoms with E-state index in [1.165, 1.54) is 0 Å². The molecule has 0 fully saturated rings. The van der Waals surface area contributed by atoms with Crippen molar-refractivity contribution in [3.05, 3.63) is 41.8 Å². The maximum absolute atomic E-state index is 6.03. The summed E-state index contributed by atoms with van der Waals surface area (Å²) in [5, 5.41) is 0. The summed E-state index contributed by atoms with van der Waals surface area (Å²) in [6.07, 6.45) is 2.00. The molecule has 0 aromatic heterocycles. The zero-order valence-corrected chi connectivity index (χ0v) is 14.3. The van der Waals surface area contributed by atoms with Crippen LogP contribution in [0.5, 0.6) is 0 Å². The number of hydrogen-bond acceptors (Lipinski definition) is 2. The largest absolute Gasteiger partial charge is 0.521 e. The standard InChI is InChI=1S/C14H24O2Si2/c1-17(2,3)15-14(16-18(4,5)6)12-13-10-8-7-9-11-13/h7-12H,1-6H3. The first kappa shape index (κ1) is 15.1.